The van der Waals surface area contributed by atoms with Crippen LogP contribution < -0.4 is 5.32 Å². The van der Waals surface area contributed by atoms with Crippen molar-refractivity contribution in [1.82, 2.24) is 15.1 Å². The van der Waals surface area contributed by atoms with Gasteiger partial charge in [-0.25, -0.2) is 0 Å². The molecule has 0 amide bonds. The summed E-state index contributed by atoms with van der Waals surface area (Å²) in [5.74, 6) is 0.780. The van der Waals surface area contributed by atoms with Crippen LogP contribution in [0.15, 0.2) is 0 Å². The minimum atomic E-state index is 0.310. The first-order valence-corrected chi connectivity index (χ1v) is 6.90. The zero-order valence-corrected chi connectivity index (χ0v) is 11.0. The van der Waals surface area contributed by atoms with Crippen molar-refractivity contribution in [2.24, 2.45) is 5.92 Å². The molecule has 4 heteroatoms. The molecular formula is C13H25N3O. The Balaban J connectivity index is 1.75. The van der Waals surface area contributed by atoms with E-state index < -0.39 is 0 Å². The number of carbonyl (C=O) groups excluding carboxylic acids is 1. The molecule has 2 aliphatic heterocycles. The van der Waals surface area contributed by atoms with E-state index in [9.17, 15) is 4.79 Å². The van der Waals surface area contributed by atoms with Gasteiger partial charge in [0.15, 0.2) is 0 Å². The lowest BCUT2D eigenvalue weighted by atomic mass is 9.95. The van der Waals surface area contributed by atoms with Gasteiger partial charge in [-0.05, 0) is 39.4 Å². The van der Waals surface area contributed by atoms with E-state index in [1.54, 1.807) is 0 Å². The summed E-state index contributed by atoms with van der Waals surface area (Å²) in [6.07, 6.45) is 3.27. The Labute approximate surface area is 104 Å². The van der Waals surface area contributed by atoms with Crippen LogP contribution in [0.4, 0.5) is 0 Å². The van der Waals surface area contributed by atoms with E-state index in [1.807, 2.05) is 0 Å². The molecule has 1 atom stereocenters. The highest BCUT2D eigenvalue weighted by molar-refractivity contribution is 5.83. The van der Waals surface area contributed by atoms with Gasteiger partial charge in [0, 0.05) is 32.1 Å². The second-order valence-corrected chi connectivity index (χ2v) is 5.42. The largest absolute Gasteiger partial charge is 0.317 e. The van der Waals surface area contributed by atoms with Crippen LogP contribution in [0.2, 0.25) is 0 Å². The van der Waals surface area contributed by atoms with E-state index in [-0.39, 0.29) is 0 Å². The zero-order chi connectivity index (χ0) is 12.1. The molecule has 2 heterocycles. The number of nitrogens with one attached hydrogen (secondary N) is 1. The quantitative estimate of drug-likeness (QED) is 0.763. The van der Waals surface area contributed by atoms with E-state index in [0.717, 1.165) is 58.5 Å². The lowest BCUT2D eigenvalue weighted by molar-refractivity contribution is -0.124. The fourth-order valence-corrected chi connectivity index (χ4v) is 2.70. The molecule has 0 aromatic heterocycles. The predicted molar refractivity (Wildman–Crippen MR) is 69.2 cm³/mol. The van der Waals surface area contributed by atoms with Crippen molar-refractivity contribution in [2.75, 3.05) is 52.9 Å². The van der Waals surface area contributed by atoms with Crippen LogP contribution in [0.25, 0.3) is 0 Å². The van der Waals surface area contributed by atoms with Gasteiger partial charge in [0.05, 0.1) is 6.54 Å². The molecule has 0 saturated carbocycles. The number of piperazine rings is 1. The monoisotopic (exact) mass is 239 g/mol. The molecule has 1 N–H and O–H groups in total. The van der Waals surface area contributed by atoms with Crippen LogP contribution in [0.5, 0.6) is 0 Å². The van der Waals surface area contributed by atoms with Crippen molar-refractivity contribution >= 4 is 5.78 Å². The third-order valence-corrected chi connectivity index (χ3v) is 4.01. The molecule has 0 aromatic rings. The van der Waals surface area contributed by atoms with Gasteiger partial charge in [-0.15, -0.1) is 0 Å². The number of rotatable bonds is 3. The summed E-state index contributed by atoms with van der Waals surface area (Å²) in [6, 6.07) is 0. The fourth-order valence-electron chi connectivity index (χ4n) is 2.70. The average Bonchev–Trinajstić information content (AvgIpc) is 2.61. The lowest BCUT2D eigenvalue weighted by Crippen LogP contribution is -2.47. The van der Waals surface area contributed by atoms with Crippen molar-refractivity contribution in [1.29, 1.82) is 0 Å². The number of Topliss-reactive ketones (excluding diaryl/α,β-unsaturated/α-hetero) is 1. The SMILES string of the molecule is CN1CCN(CC(=O)C2CCCNCC2)CC1. The molecule has 0 radical (unpaired) electrons. The smallest absolute Gasteiger partial charge is 0.149 e. The van der Waals surface area contributed by atoms with Crippen LogP contribution in [0, 0.1) is 5.92 Å². The Kier molecular flexibility index (Phi) is 4.95. The van der Waals surface area contributed by atoms with Crippen LogP contribution in [-0.2, 0) is 4.79 Å². The summed E-state index contributed by atoms with van der Waals surface area (Å²) in [6.45, 7) is 7.06. The van der Waals surface area contributed by atoms with Gasteiger partial charge < -0.3 is 10.2 Å². The minimum Gasteiger partial charge on any atom is -0.317 e. The Morgan fingerprint density at radius 3 is 2.71 bits per heavy atom. The molecule has 0 spiro atoms. The standard InChI is InChI=1S/C13H25N3O/c1-15-7-9-16(10-8-15)11-13(17)12-3-2-5-14-6-4-12/h12,14H,2-11H2,1H3. The van der Waals surface area contributed by atoms with Crippen molar-refractivity contribution < 1.29 is 4.79 Å². The molecule has 2 fully saturated rings. The number of ketones is 1. The summed E-state index contributed by atoms with van der Waals surface area (Å²) < 4.78 is 0. The Morgan fingerprint density at radius 2 is 1.94 bits per heavy atom. The number of hydrogen-bond donors (Lipinski definition) is 1. The third-order valence-electron chi connectivity index (χ3n) is 4.01. The summed E-state index contributed by atoms with van der Waals surface area (Å²) >= 11 is 0. The first kappa shape index (κ1) is 13.0. The molecule has 0 aliphatic carbocycles. The highest BCUT2D eigenvalue weighted by atomic mass is 16.1. The molecule has 98 valence electrons. The van der Waals surface area contributed by atoms with Crippen LogP contribution in [0.3, 0.4) is 0 Å². The lowest BCUT2D eigenvalue weighted by Gasteiger charge is -2.32. The maximum Gasteiger partial charge on any atom is 0.149 e. The van der Waals surface area contributed by atoms with E-state index in [4.69, 9.17) is 0 Å². The maximum absolute atomic E-state index is 12.2. The second kappa shape index (κ2) is 6.47. The number of nitrogens with zero attached hydrogens (tertiary/aromatic N) is 2. The molecule has 4 nitrogen and oxygen atoms in total. The zero-order valence-electron chi connectivity index (χ0n) is 11.0. The van der Waals surface area contributed by atoms with Gasteiger partial charge in [0.25, 0.3) is 0 Å². The van der Waals surface area contributed by atoms with Gasteiger partial charge in [-0.3, -0.25) is 9.69 Å². The fraction of sp³-hybridized carbons (Fsp3) is 0.923. The number of hydrogen-bond acceptors (Lipinski definition) is 4. The highest BCUT2D eigenvalue weighted by Crippen LogP contribution is 2.15. The molecular weight excluding hydrogens is 214 g/mol. The topological polar surface area (TPSA) is 35.6 Å². The summed E-state index contributed by atoms with van der Waals surface area (Å²) in [4.78, 5) is 16.9. The molecule has 0 bridgehead atoms. The van der Waals surface area contributed by atoms with Crippen molar-refractivity contribution in [3.05, 3.63) is 0 Å². The van der Waals surface area contributed by atoms with Gasteiger partial charge in [-0.2, -0.15) is 0 Å². The summed E-state index contributed by atoms with van der Waals surface area (Å²) in [7, 11) is 2.15. The van der Waals surface area contributed by atoms with Crippen molar-refractivity contribution in [3.63, 3.8) is 0 Å². The Morgan fingerprint density at radius 1 is 1.18 bits per heavy atom. The molecule has 17 heavy (non-hydrogen) atoms. The van der Waals surface area contributed by atoms with Crippen LogP contribution >= 0.6 is 0 Å². The molecule has 2 rings (SSSR count). The van der Waals surface area contributed by atoms with Crippen molar-refractivity contribution in [2.45, 2.75) is 19.3 Å². The van der Waals surface area contributed by atoms with Crippen LogP contribution in [-0.4, -0.2) is 68.4 Å². The minimum absolute atomic E-state index is 0.310. The van der Waals surface area contributed by atoms with Gasteiger partial charge in [0.2, 0.25) is 0 Å². The number of carbonyl (C=O) groups is 1. The van der Waals surface area contributed by atoms with Crippen LogP contribution in [0.1, 0.15) is 19.3 Å². The van der Waals surface area contributed by atoms with Gasteiger partial charge in [0.1, 0.15) is 5.78 Å². The van der Waals surface area contributed by atoms with Gasteiger partial charge >= 0.3 is 0 Å². The van der Waals surface area contributed by atoms with Gasteiger partial charge in [-0.1, -0.05) is 0 Å². The highest BCUT2D eigenvalue weighted by Gasteiger charge is 2.23. The van der Waals surface area contributed by atoms with E-state index >= 15 is 0 Å². The van der Waals surface area contributed by atoms with Crippen molar-refractivity contribution in [3.8, 4) is 0 Å². The Hall–Kier alpha value is -0.450. The number of likely N-dealkylation sites (N-methyl/N-ethyl adjacent to an activating group) is 1. The molecule has 0 aromatic carbocycles. The van der Waals surface area contributed by atoms with E-state index in [0.29, 0.717) is 18.2 Å². The molecule has 2 saturated heterocycles. The normalized spacial score (nSPS) is 28.9. The first-order valence-electron chi connectivity index (χ1n) is 6.90. The van der Waals surface area contributed by atoms with E-state index in [1.165, 1.54) is 0 Å². The maximum atomic E-state index is 12.2. The Bertz CT molecular complexity index is 241. The second-order valence-electron chi connectivity index (χ2n) is 5.42. The average molecular weight is 239 g/mol. The summed E-state index contributed by atoms with van der Waals surface area (Å²) in [5.41, 5.74) is 0. The summed E-state index contributed by atoms with van der Waals surface area (Å²) in [5, 5.41) is 3.37. The molecule has 1 unspecified atom stereocenters. The predicted octanol–water partition coefficient (Wildman–Crippen LogP) is 0.193. The van der Waals surface area contributed by atoms with E-state index in [2.05, 4.69) is 22.2 Å². The molecule has 2 aliphatic rings. The first-order chi connectivity index (χ1) is 8.25. The third kappa shape index (κ3) is 4.05.